The van der Waals surface area contributed by atoms with E-state index in [1.54, 1.807) is 7.11 Å². The molecule has 0 aliphatic carbocycles. The van der Waals surface area contributed by atoms with Crippen LogP contribution >= 0.6 is 0 Å². The van der Waals surface area contributed by atoms with E-state index in [2.05, 4.69) is 30.5 Å². The van der Waals surface area contributed by atoms with Crippen molar-refractivity contribution in [1.82, 2.24) is 15.1 Å². The average molecular weight is 211 g/mol. The Bertz CT molecular complexity index is 273. The summed E-state index contributed by atoms with van der Waals surface area (Å²) < 4.78 is 7.06. The molecule has 0 fully saturated rings. The van der Waals surface area contributed by atoms with E-state index < -0.39 is 0 Å². The molecule has 0 aliphatic heterocycles. The Balaban J connectivity index is 2.60. The highest BCUT2D eigenvalue weighted by Gasteiger charge is 2.11. The van der Waals surface area contributed by atoms with Gasteiger partial charge in [0.25, 0.3) is 0 Å². The summed E-state index contributed by atoms with van der Waals surface area (Å²) in [5.74, 6) is 0. The number of nitrogens with one attached hydrogen (secondary N) is 1. The summed E-state index contributed by atoms with van der Waals surface area (Å²) in [5.41, 5.74) is 1.25. The van der Waals surface area contributed by atoms with Crippen molar-refractivity contribution < 1.29 is 4.74 Å². The highest BCUT2D eigenvalue weighted by atomic mass is 16.5. The minimum atomic E-state index is 0.357. The van der Waals surface area contributed by atoms with Gasteiger partial charge in [-0.1, -0.05) is 6.92 Å². The third kappa shape index (κ3) is 3.64. The number of aryl methyl sites for hydroxylation is 1. The molecule has 1 aromatic rings. The number of nitrogens with zero attached hydrogens (tertiary/aromatic N) is 2. The Hall–Kier alpha value is -0.870. The van der Waals surface area contributed by atoms with Crippen LogP contribution < -0.4 is 5.32 Å². The molecular weight excluding hydrogens is 190 g/mol. The van der Waals surface area contributed by atoms with Gasteiger partial charge in [-0.05, 0) is 19.9 Å². The first-order valence-electron chi connectivity index (χ1n) is 5.56. The van der Waals surface area contributed by atoms with Crippen molar-refractivity contribution in [3.8, 4) is 0 Å². The van der Waals surface area contributed by atoms with Crippen LogP contribution in [0, 0.1) is 0 Å². The molecule has 0 amide bonds. The van der Waals surface area contributed by atoms with E-state index >= 15 is 0 Å². The Morgan fingerprint density at radius 2 is 2.33 bits per heavy atom. The van der Waals surface area contributed by atoms with Crippen molar-refractivity contribution in [2.45, 2.75) is 32.9 Å². The molecule has 15 heavy (non-hydrogen) atoms. The second kappa shape index (κ2) is 6.58. The number of ether oxygens (including phenoxy) is 1. The van der Waals surface area contributed by atoms with Crippen LogP contribution in [0.3, 0.4) is 0 Å². The maximum atomic E-state index is 5.11. The molecule has 86 valence electrons. The molecule has 0 radical (unpaired) electrons. The van der Waals surface area contributed by atoms with Crippen LogP contribution in [0.25, 0.3) is 0 Å². The topological polar surface area (TPSA) is 39.1 Å². The average Bonchev–Trinajstić information content (AvgIpc) is 2.72. The second-order valence-corrected chi connectivity index (χ2v) is 3.52. The summed E-state index contributed by atoms with van der Waals surface area (Å²) in [6.45, 7) is 6.86. The van der Waals surface area contributed by atoms with E-state index in [9.17, 15) is 0 Å². The predicted molar refractivity (Wildman–Crippen MR) is 60.8 cm³/mol. The molecule has 1 rings (SSSR count). The quantitative estimate of drug-likeness (QED) is 0.744. The lowest BCUT2D eigenvalue weighted by Crippen LogP contribution is -2.21. The molecule has 1 heterocycles. The zero-order valence-electron chi connectivity index (χ0n) is 9.86. The lowest BCUT2D eigenvalue weighted by molar-refractivity contribution is 0.183. The fraction of sp³-hybridized carbons (Fsp3) is 0.727. The summed E-state index contributed by atoms with van der Waals surface area (Å²) in [6, 6.07) is 0.357. The highest BCUT2D eigenvalue weighted by Crippen LogP contribution is 2.15. The Kier molecular flexibility index (Phi) is 5.36. The van der Waals surface area contributed by atoms with Crippen molar-refractivity contribution in [1.29, 1.82) is 0 Å². The minimum absolute atomic E-state index is 0.357. The lowest BCUT2D eigenvalue weighted by atomic mass is 10.1. The van der Waals surface area contributed by atoms with Crippen LogP contribution in [0.5, 0.6) is 0 Å². The summed E-state index contributed by atoms with van der Waals surface area (Å²) in [4.78, 5) is 0. The largest absolute Gasteiger partial charge is 0.385 e. The zero-order valence-corrected chi connectivity index (χ0v) is 9.86. The predicted octanol–water partition coefficient (Wildman–Crippen LogP) is 1.59. The Morgan fingerprint density at radius 1 is 1.53 bits per heavy atom. The standard InChI is InChI=1S/C11H21N3O/c1-4-12-11(6-7-15-3)10-8-13-14(5-2)9-10/h8-9,11-12H,4-7H2,1-3H3. The second-order valence-electron chi connectivity index (χ2n) is 3.52. The van der Waals surface area contributed by atoms with Crippen molar-refractivity contribution in [2.24, 2.45) is 0 Å². The third-order valence-electron chi connectivity index (χ3n) is 2.44. The molecular formula is C11H21N3O. The fourth-order valence-electron chi connectivity index (χ4n) is 1.60. The van der Waals surface area contributed by atoms with Crippen molar-refractivity contribution in [2.75, 3.05) is 20.3 Å². The first-order valence-corrected chi connectivity index (χ1v) is 5.56. The number of hydrogen-bond donors (Lipinski definition) is 1. The number of rotatable bonds is 7. The summed E-state index contributed by atoms with van der Waals surface area (Å²) >= 11 is 0. The third-order valence-corrected chi connectivity index (χ3v) is 2.44. The van der Waals surface area contributed by atoms with E-state index in [4.69, 9.17) is 4.74 Å². The van der Waals surface area contributed by atoms with Gasteiger partial charge in [0, 0.05) is 38.1 Å². The summed E-state index contributed by atoms with van der Waals surface area (Å²) in [7, 11) is 1.73. The van der Waals surface area contributed by atoms with E-state index in [0.717, 1.165) is 26.1 Å². The van der Waals surface area contributed by atoms with Crippen LogP contribution in [0.2, 0.25) is 0 Å². The van der Waals surface area contributed by atoms with Gasteiger partial charge in [0.05, 0.1) is 6.20 Å². The molecule has 1 N–H and O–H groups in total. The van der Waals surface area contributed by atoms with E-state index in [1.165, 1.54) is 5.56 Å². The maximum Gasteiger partial charge on any atom is 0.0537 e. The first-order chi connectivity index (χ1) is 7.31. The molecule has 4 heteroatoms. The molecule has 1 unspecified atom stereocenters. The summed E-state index contributed by atoms with van der Waals surface area (Å²) in [6.07, 6.45) is 5.02. The Morgan fingerprint density at radius 3 is 2.87 bits per heavy atom. The van der Waals surface area contributed by atoms with Gasteiger partial charge < -0.3 is 10.1 Å². The molecule has 0 aromatic carbocycles. The SMILES string of the molecule is CCNC(CCOC)c1cnn(CC)c1. The molecule has 4 nitrogen and oxygen atoms in total. The highest BCUT2D eigenvalue weighted by molar-refractivity contribution is 5.10. The van der Waals surface area contributed by atoms with Gasteiger partial charge in [-0.2, -0.15) is 5.10 Å². The maximum absolute atomic E-state index is 5.11. The molecule has 1 atom stereocenters. The van der Waals surface area contributed by atoms with Crippen molar-refractivity contribution in [3.05, 3.63) is 18.0 Å². The lowest BCUT2D eigenvalue weighted by Gasteiger charge is -2.15. The van der Waals surface area contributed by atoms with E-state index in [0.29, 0.717) is 6.04 Å². The molecule has 0 spiro atoms. The molecule has 1 aromatic heterocycles. The molecule has 0 bridgehead atoms. The summed E-state index contributed by atoms with van der Waals surface area (Å²) in [5, 5.41) is 7.72. The number of aromatic nitrogens is 2. The monoisotopic (exact) mass is 211 g/mol. The van der Waals surface area contributed by atoms with Crippen LogP contribution in [0.4, 0.5) is 0 Å². The molecule has 0 aliphatic rings. The van der Waals surface area contributed by atoms with Gasteiger partial charge in [-0.3, -0.25) is 4.68 Å². The van der Waals surface area contributed by atoms with Crippen LogP contribution in [0.1, 0.15) is 31.9 Å². The smallest absolute Gasteiger partial charge is 0.0537 e. The van der Waals surface area contributed by atoms with Gasteiger partial charge in [-0.25, -0.2) is 0 Å². The van der Waals surface area contributed by atoms with E-state index in [1.807, 2.05) is 10.9 Å². The fourth-order valence-corrected chi connectivity index (χ4v) is 1.60. The number of hydrogen-bond acceptors (Lipinski definition) is 3. The van der Waals surface area contributed by atoms with Gasteiger partial charge in [0.1, 0.15) is 0 Å². The van der Waals surface area contributed by atoms with Gasteiger partial charge in [-0.15, -0.1) is 0 Å². The normalized spacial score (nSPS) is 13.0. The van der Waals surface area contributed by atoms with Gasteiger partial charge >= 0.3 is 0 Å². The molecule has 0 saturated carbocycles. The van der Waals surface area contributed by atoms with Gasteiger partial charge in [0.2, 0.25) is 0 Å². The van der Waals surface area contributed by atoms with E-state index in [-0.39, 0.29) is 0 Å². The van der Waals surface area contributed by atoms with Crippen molar-refractivity contribution >= 4 is 0 Å². The first kappa shape index (κ1) is 12.2. The minimum Gasteiger partial charge on any atom is -0.385 e. The van der Waals surface area contributed by atoms with Crippen LogP contribution in [0.15, 0.2) is 12.4 Å². The van der Waals surface area contributed by atoms with Crippen LogP contribution in [-0.2, 0) is 11.3 Å². The van der Waals surface area contributed by atoms with Crippen LogP contribution in [-0.4, -0.2) is 30.0 Å². The zero-order chi connectivity index (χ0) is 11.1. The molecule has 0 saturated heterocycles. The number of methoxy groups -OCH3 is 1. The van der Waals surface area contributed by atoms with Gasteiger partial charge in [0.15, 0.2) is 0 Å². The Labute approximate surface area is 91.6 Å². The van der Waals surface area contributed by atoms with Crippen molar-refractivity contribution in [3.63, 3.8) is 0 Å².